The van der Waals surface area contributed by atoms with Gasteiger partial charge < -0.3 is 5.73 Å². The molecule has 0 aliphatic heterocycles. The molecule has 0 radical (unpaired) electrons. The molecule has 1 heterocycles. The van der Waals surface area contributed by atoms with E-state index in [1.807, 2.05) is 12.1 Å². The largest absolute Gasteiger partial charge is 0.383 e. The van der Waals surface area contributed by atoms with Gasteiger partial charge in [-0.2, -0.15) is 0 Å². The highest BCUT2D eigenvalue weighted by molar-refractivity contribution is 6.21. The van der Waals surface area contributed by atoms with Crippen molar-refractivity contribution in [2.45, 2.75) is 31.1 Å². The monoisotopic (exact) mass is 222 g/mol. The third-order valence-corrected chi connectivity index (χ3v) is 3.08. The first kappa shape index (κ1) is 10.5. The molecule has 1 unspecified atom stereocenters. The lowest BCUT2D eigenvalue weighted by Gasteiger charge is -2.16. The Morgan fingerprint density at radius 1 is 1.53 bits per heavy atom. The normalized spacial score (nSPS) is 21.1. The fourth-order valence-electron chi connectivity index (χ4n) is 1.94. The highest BCUT2D eigenvalue weighted by Gasteiger charge is 2.12. The molecule has 15 heavy (non-hydrogen) atoms. The van der Waals surface area contributed by atoms with E-state index in [1.54, 1.807) is 6.20 Å². The lowest BCUT2D eigenvalue weighted by Crippen LogP contribution is -2.06. The first-order valence-corrected chi connectivity index (χ1v) is 5.72. The van der Waals surface area contributed by atoms with Gasteiger partial charge in [0.25, 0.3) is 0 Å². The number of alkyl halides is 1. The van der Waals surface area contributed by atoms with Crippen LogP contribution in [0.15, 0.2) is 30.0 Å². The summed E-state index contributed by atoms with van der Waals surface area (Å²) in [5.41, 5.74) is 8.30. The Hall–Kier alpha value is -1.02. The second-order valence-corrected chi connectivity index (χ2v) is 4.52. The summed E-state index contributed by atoms with van der Waals surface area (Å²) in [7, 11) is 0. The second-order valence-electron chi connectivity index (χ2n) is 3.96. The van der Waals surface area contributed by atoms with Crippen molar-refractivity contribution in [1.29, 1.82) is 0 Å². The highest BCUT2D eigenvalue weighted by atomic mass is 35.5. The number of aromatic nitrogens is 1. The summed E-state index contributed by atoms with van der Waals surface area (Å²) in [6.07, 6.45) is 8.18. The molecular weight excluding hydrogens is 208 g/mol. The van der Waals surface area contributed by atoms with E-state index < -0.39 is 0 Å². The van der Waals surface area contributed by atoms with E-state index in [0.717, 1.165) is 24.8 Å². The van der Waals surface area contributed by atoms with Gasteiger partial charge in [-0.3, -0.25) is 0 Å². The predicted molar refractivity (Wildman–Crippen MR) is 63.9 cm³/mol. The number of allylic oxidation sites excluding steroid dienone is 2. The van der Waals surface area contributed by atoms with Gasteiger partial charge in [-0.1, -0.05) is 17.7 Å². The standard InChI is InChI=1S/C12H15ClN2/c13-11-5-1-3-9(8-11)7-10-4-2-6-15-12(10)14/h2,4,6,8,11H,1,3,5,7H2,(H2,14,15). The first-order chi connectivity index (χ1) is 7.25. The average Bonchev–Trinajstić information content (AvgIpc) is 2.22. The molecule has 3 heteroatoms. The van der Waals surface area contributed by atoms with Crippen LogP contribution >= 0.6 is 11.6 Å². The fraction of sp³-hybridized carbons (Fsp3) is 0.417. The molecule has 0 saturated carbocycles. The summed E-state index contributed by atoms with van der Waals surface area (Å²) < 4.78 is 0. The molecule has 1 aromatic heterocycles. The van der Waals surface area contributed by atoms with Crippen LogP contribution in [-0.4, -0.2) is 10.4 Å². The smallest absolute Gasteiger partial charge is 0.126 e. The summed E-state index contributed by atoms with van der Waals surface area (Å²) in [6.45, 7) is 0. The Morgan fingerprint density at radius 3 is 3.13 bits per heavy atom. The van der Waals surface area contributed by atoms with E-state index in [1.165, 1.54) is 12.0 Å². The fourth-order valence-corrected chi connectivity index (χ4v) is 2.27. The number of nitrogens with zero attached hydrogens (tertiary/aromatic N) is 1. The summed E-state index contributed by atoms with van der Waals surface area (Å²) in [6, 6.07) is 3.95. The average molecular weight is 223 g/mol. The zero-order valence-corrected chi connectivity index (χ0v) is 9.37. The Kier molecular flexibility index (Phi) is 3.27. The van der Waals surface area contributed by atoms with Crippen molar-refractivity contribution >= 4 is 17.4 Å². The van der Waals surface area contributed by atoms with Crippen LogP contribution in [0.3, 0.4) is 0 Å². The Balaban J connectivity index is 2.12. The zero-order valence-electron chi connectivity index (χ0n) is 8.62. The van der Waals surface area contributed by atoms with Crippen LogP contribution in [-0.2, 0) is 6.42 Å². The third kappa shape index (κ3) is 2.72. The minimum absolute atomic E-state index is 0.201. The summed E-state index contributed by atoms with van der Waals surface area (Å²) >= 11 is 6.09. The minimum atomic E-state index is 0.201. The Bertz CT molecular complexity index is 374. The molecule has 1 aliphatic rings. The van der Waals surface area contributed by atoms with Crippen LogP contribution in [0.1, 0.15) is 24.8 Å². The van der Waals surface area contributed by atoms with E-state index in [4.69, 9.17) is 17.3 Å². The van der Waals surface area contributed by atoms with E-state index >= 15 is 0 Å². The molecule has 1 aromatic rings. The van der Waals surface area contributed by atoms with Gasteiger partial charge in [-0.15, -0.1) is 11.6 Å². The van der Waals surface area contributed by atoms with Gasteiger partial charge in [-0.05, 0) is 37.3 Å². The molecule has 0 saturated heterocycles. The molecule has 2 rings (SSSR count). The van der Waals surface area contributed by atoms with Crippen LogP contribution in [0.25, 0.3) is 0 Å². The van der Waals surface area contributed by atoms with Crippen LogP contribution in [0.4, 0.5) is 5.82 Å². The van der Waals surface area contributed by atoms with Gasteiger partial charge in [0.2, 0.25) is 0 Å². The maximum absolute atomic E-state index is 6.09. The van der Waals surface area contributed by atoms with Gasteiger partial charge >= 0.3 is 0 Å². The van der Waals surface area contributed by atoms with E-state index in [-0.39, 0.29) is 5.38 Å². The lowest BCUT2D eigenvalue weighted by molar-refractivity contribution is 0.693. The number of halogens is 1. The number of hydrogen-bond donors (Lipinski definition) is 1. The van der Waals surface area contributed by atoms with Gasteiger partial charge in [0.05, 0.1) is 5.38 Å². The lowest BCUT2D eigenvalue weighted by atomic mass is 9.94. The van der Waals surface area contributed by atoms with Crippen molar-refractivity contribution in [2.75, 3.05) is 5.73 Å². The predicted octanol–water partition coefficient (Wildman–Crippen LogP) is 2.92. The van der Waals surface area contributed by atoms with Crippen molar-refractivity contribution in [1.82, 2.24) is 4.98 Å². The van der Waals surface area contributed by atoms with Crippen molar-refractivity contribution in [3.8, 4) is 0 Å². The molecule has 0 aromatic carbocycles. The minimum Gasteiger partial charge on any atom is -0.383 e. The molecular formula is C12H15ClN2. The molecule has 0 fully saturated rings. The third-order valence-electron chi connectivity index (χ3n) is 2.74. The molecule has 2 N–H and O–H groups in total. The molecule has 80 valence electrons. The van der Waals surface area contributed by atoms with E-state index in [2.05, 4.69) is 11.1 Å². The maximum Gasteiger partial charge on any atom is 0.126 e. The SMILES string of the molecule is Nc1ncccc1CC1=CC(Cl)CCC1. The van der Waals surface area contributed by atoms with E-state index in [9.17, 15) is 0 Å². The van der Waals surface area contributed by atoms with Gasteiger partial charge in [-0.25, -0.2) is 4.98 Å². The summed E-state index contributed by atoms with van der Waals surface area (Å²) in [4.78, 5) is 4.08. The molecule has 0 bridgehead atoms. The molecule has 1 aliphatic carbocycles. The van der Waals surface area contributed by atoms with Crippen molar-refractivity contribution in [2.24, 2.45) is 0 Å². The van der Waals surface area contributed by atoms with Gasteiger partial charge in [0.15, 0.2) is 0 Å². The quantitative estimate of drug-likeness (QED) is 0.617. The number of rotatable bonds is 2. The summed E-state index contributed by atoms with van der Waals surface area (Å²) in [5, 5.41) is 0.201. The topological polar surface area (TPSA) is 38.9 Å². The summed E-state index contributed by atoms with van der Waals surface area (Å²) in [5.74, 6) is 0.634. The van der Waals surface area contributed by atoms with Gasteiger partial charge in [0, 0.05) is 6.20 Å². The molecule has 2 nitrogen and oxygen atoms in total. The zero-order chi connectivity index (χ0) is 10.7. The molecule has 0 amide bonds. The van der Waals surface area contributed by atoms with E-state index in [0.29, 0.717) is 5.82 Å². The van der Waals surface area contributed by atoms with Crippen LogP contribution in [0.2, 0.25) is 0 Å². The first-order valence-electron chi connectivity index (χ1n) is 5.28. The number of nitrogen functional groups attached to an aromatic ring is 1. The highest BCUT2D eigenvalue weighted by Crippen LogP contribution is 2.25. The molecule has 1 atom stereocenters. The number of anilines is 1. The second kappa shape index (κ2) is 4.67. The number of nitrogens with two attached hydrogens (primary N) is 1. The Morgan fingerprint density at radius 2 is 2.40 bits per heavy atom. The number of pyridine rings is 1. The van der Waals surface area contributed by atoms with Gasteiger partial charge in [0.1, 0.15) is 5.82 Å². The maximum atomic E-state index is 6.09. The van der Waals surface area contributed by atoms with Crippen molar-refractivity contribution in [3.05, 3.63) is 35.5 Å². The van der Waals surface area contributed by atoms with Crippen LogP contribution < -0.4 is 5.73 Å². The van der Waals surface area contributed by atoms with Crippen molar-refractivity contribution < 1.29 is 0 Å². The van der Waals surface area contributed by atoms with Crippen LogP contribution in [0, 0.1) is 0 Å². The molecule has 0 spiro atoms. The van der Waals surface area contributed by atoms with Crippen molar-refractivity contribution in [3.63, 3.8) is 0 Å². The Labute approximate surface area is 95.2 Å². The van der Waals surface area contributed by atoms with Crippen LogP contribution in [0.5, 0.6) is 0 Å². The number of hydrogen-bond acceptors (Lipinski definition) is 2.